The first-order chi connectivity index (χ1) is 9.49. The molecular weight excluding hydrogens is 340 g/mol. The highest BCUT2D eigenvalue weighted by atomic mass is 79.9. The van der Waals surface area contributed by atoms with E-state index in [4.69, 9.17) is 11.6 Å². The summed E-state index contributed by atoms with van der Waals surface area (Å²) in [5, 5.41) is 7.01. The van der Waals surface area contributed by atoms with Crippen molar-refractivity contribution in [2.75, 3.05) is 17.7 Å². The molecule has 0 radical (unpaired) electrons. The minimum absolute atomic E-state index is 0.262. The van der Waals surface area contributed by atoms with Crippen LogP contribution in [0.3, 0.4) is 0 Å². The molecule has 2 aromatic rings. The largest absolute Gasteiger partial charge is 0.373 e. The summed E-state index contributed by atoms with van der Waals surface area (Å²) in [6, 6.07) is 7.45. The molecule has 20 heavy (non-hydrogen) atoms. The normalized spacial score (nSPS) is 10.7. The molecule has 0 aliphatic heterocycles. The van der Waals surface area contributed by atoms with Crippen LogP contribution in [0.2, 0.25) is 5.02 Å². The smallest absolute Gasteiger partial charge is 0.136 e. The Morgan fingerprint density at radius 2 is 1.85 bits per heavy atom. The highest BCUT2D eigenvalue weighted by Crippen LogP contribution is 2.29. The molecule has 0 amide bonds. The van der Waals surface area contributed by atoms with E-state index in [1.807, 2.05) is 31.3 Å². The van der Waals surface area contributed by atoms with Gasteiger partial charge in [0.05, 0.1) is 5.69 Å². The third-order valence-electron chi connectivity index (χ3n) is 2.71. The number of hydrogen-bond donors (Lipinski definition) is 2. The molecule has 106 valence electrons. The Morgan fingerprint density at radius 1 is 1.15 bits per heavy atom. The second kappa shape index (κ2) is 6.41. The molecule has 6 heteroatoms. The maximum absolute atomic E-state index is 5.94. The van der Waals surface area contributed by atoms with Gasteiger partial charge in [-0.3, -0.25) is 0 Å². The lowest BCUT2D eigenvalue weighted by atomic mass is 10.2. The Morgan fingerprint density at radius 3 is 2.45 bits per heavy atom. The fourth-order valence-corrected chi connectivity index (χ4v) is 2.43. The van der Waals surface area contributed by atoms with Gasteiger partial charge in [0.25, 0.3) is 0 Å². The van der Waals surface area contributed by atoms with Crippen LogP contribution in [0, 0.1) is 0 Å². The molecule has 2 N–H and O–H groups in total. The quantitative estimate of drug-likeness (QED) is 0.827. The lowest BCUT2D eigenvalue weighted by Gasteiger charge is -2.12. The van der Waals surface area contributed by atoms with E-state index >= 15 is 0 Å². The molecule has 1 aromatic heterocycles. The molecule has 0 saturated heterocycles. The number of nitrogens with one attached hydrogen (secondary N) is 2. The van der Waals surface area contributed by atoms with Gasteiger partial charge in [-0.05, 0) is 34.1 Å². The Balaban J connectivity index is 2.34. The van der Waals surface area contributed by atoms with Crippen molar-refractivity contribution in [1.29, 1.82) is 0 Å². The van der Waals surface area contributed by atoms with Crippen LogP contribution in [0.1, 0.15) is 25.6 Å². The number of rotatable bonds is 4. The number of hydrogen-bond acceptors (Lipinski definition) is 4. The van der Waals surface area contributed by atoms with Crippen LogP contribution in [-0.4, -0.2) is 17.0 Å². The third-order valence-corrected chi connectivity index (χ3v) is 3.60. The molecule has 0 saturated carbocycles. The summed E-state index contributed by atoms with van der Waals surface area (Å²) in [7, 11) is 1.84. The molecule has 2 rings (SSSR count). The van der Waals surface area contributed by atoms with Gasteiger partial charge in [-0.2, -0.15) is 0 Å². The average Bonchev–Trinajstić information content (AvgIpc) is 2.41. The Hall–Kier alpha value is -1.33. The zero-order valence-electron chi connectivity index (χ0n) is 11.5. The van der Waals surface area contributed by atoms with Gasteiger partial charge in [0, 0.05) is 28.5 Å². The molecule has 0 aliphatic carbocycles. The molecule has 0 aliphatic rings. The molecule has 0 fully saturated rings. The number of nitrogens with zero attached hydrogens (tertiary/aromatic N) is 2. The van der Waals surface area contributed by atoms with Crippen LogP contribution < -0.4 is 10.6 Å². The second-order valence-electron chi connectivity index (χ2n) is 4.65. The van der Waals surface area contributed by atoms with Gasteiger partial charge in [-0.15, -0.1) is 0 Å². The predicted molar refractivity (Wildman–Crippen MR) is 88.1 cm³/mol. The van der Waals surface area contributed by atoms with Crippen molar-refractivity contribution in [2.24, 2.45) is 0 Å². The maximum Gasteiger partial charge on any atom is 0.136 e. The van der Waals surface area contributed by atoms with Gasteiger partial charge in [0.2, 0.25) is 0 Å². The standard InChI is InChI=1S/C14H16BrClN4/c1-8(2)14-19-12(17-3)7-13(20-14)18-11-5-4-9(16)6-10(11)15/h4-8H,1-3H3,(H2,17,18,19,20). The summed E-state index contributed by atoms with van der Waals surface area (Å²) in [6.07, 6.45) is 0. The Kier molecular flexibility index (Phi) is 4.83. The first-order valence-electron chi connectivity index (χ1n) is 6.28. The molecular formula is C14H16BrClN4. The van der Waals surface area contributed by atoms with Gasteiger partial charge in [-0.1, -0.05) is 25.4 Å². The first-order valence-corrected chi connectivity index (χ1v) is 7.45. The van der Waals surface area contributed by atoms with Crippen molar-refractivity contribution in [3.63, 3.8) is 0 Å². The highest BCUT2D eigenvalue weighted by Gasteiger charge is 2.09. The summed E-state index contributed by atoms with van der Waals surface area (Å²) < 4.78 is 0.890. The van der Waals surface area contributed by atoms with Gasteiger partial charge in [0.1, 0.15) is 17.5 Å². The lowest BCUT2D eigenvalue weighted by molar-refractivity contribution is 0.778. The summed E-state index contributed by atoms with van der Waals surface area (Å²) in [4.78, 5) is 8.96. The fourth-order valence-electron chi connectivity index (χ4n) is 1.65. The van der Waals surface area contributed by atoms with E-state index in [1.165, 1.54) is 0 Å². The summed E-state index contributed by atoms with van der Waals surface area (Å²) >= 11 is 9.42. The molecule has 1 heterocycles. The van der Waals surface area contributed by atoms with E-state index in [1.54, 1.807) is 0 Å². The first kappa shape index (κ1) is 15.1. The molecule has 0 atom stereocenters. The summed E-state index contributed by atoms with van der Waals surface area (Å²) in [5.74, 6) is 2.59. The molecule has 0 spiro atoms. The predicted octanol–water partition coefficient (Wildman–Crippen LogP) is 4.80. The van der Waals surface area contributed by atoms with Crippen LogP contribution in [0.4, 0.5) is 17.3 Å². The van der Waals surface area contributed by atoms with E-state index in [0.29, 0.717) is 5.02 Å². The second-order valence-corrected chi connectivity index (χ2v) is 5.94. The minimum Gasteiger partial charge on any atom is -0.373 e. The molecule has 1 aromatic carbocycles. The van der Waals surface area contributed by atoms with Crippen LogP contribution in [0.5, 0.6) is 0 Å². The lowest BCUT2D eigenvalue weighted by Crippen LogP contribution is -2.05. The average molecular weight is 356 g/mol. The van der Waals surface area contributed by atoms with Crippen LogP contribution in [0.15, 0.2) is 28.7 Å². The van der Waals surface area contributed by atoms with Crippen LogP contribution in [0.25, 0.3) is 0 Å². The van der Waals surface area contributed by atoms with Gasteiger partial charge >= 0.3 is 0 Å². The van der Waals surface area contributed by atoms with Gasteiger partial charge < -0.3 is 10.6 Å². The van der Waals surface area contributed by atoms with E-state index in [2.05, 4.69) is 50.4 Å². The van der Waals surface area contributed by atoms with Crippen molar-refractivity contribution in [3.05, 3.63) is 39.6 Å². The monoisotopic (exact) mass is 354 g/mol. The third kappa shape index (κ3) is 3.61. The van der Waals surface area contributed by atoms with Crippen molar-refractivity contribution < 1.29 is 0 Å². The number of aromatic nitrogens is 2. The SMILES string of the molecule is CNc1cc(Nc2ccc(Cl)cc2Br)nc(C(C)C)n1. The van der Waals surface area contributed by atoms with Crippen molar-refractivity contribution in [3.8, 4) is 0 Å². The van der Waals surface area contributed by atoms with E-state index < -0.39 is 0 Å². The van der Waals surface area contributed by atoms with Crippen LogP contribution >= 0.6 is 27.5 Å². The zero-order chi connectivity index (χ0) is 14.7. The Labute approximate surface area is 132 Å². The molecule has 0 unspecified atom stereocenters. The number of halogens is 2. The van der Waals surface area contributed by atoms with E-state index in [0.717, 1.165) is 27.6 Å². The van der Waals surface area contributed by atoms with E-state index in [-0.39, 0.29) is 5.92 Å². The van der Waals surface area contributed by atoms with Gasteiger partial charge in [-0.25, -0.2) is 9.97 Å². The minimum atomic E-state index is 0.262. The Bertz CT molecular complexity index is 616. The topological polar surface area (TPSA) is 49.8 Å². The zero-order valence-corrected chi connectivity index (χ0v) is 13.9. The highest BCUT2D eigenvalue weighted by molar-refractivity contribution is 9.10. The van der Waals surface area contributed by atoms with E-state index in [9.17, 15) is 0 Å². The number of benzene rings is 1. The molecule has 0 bridgehead atoms. The fraction of sp³-hybridized carbons (Fsp3) is 0.286. The summed E-state index contributed by atoms with van der Waals surface area (Å²) in [5.41, 5.74) is 0.907. The summed E-state index contributed by atoms with van der Waals surface area (Å²) in [6.45, 7) is 4.13. The van der Waals surface area contributed by atoms with Gasteiger partial charge in [0.15, 0.2) is 0 Å². The van der Waals surface area contributed by atoms with Crippen molar-refractivity contribution >= 4 is 44.9 Å². The van der Waals surface area contributed by atoms with Crippen LogP contribution in [-0.2, 0) is 0 Å². The maximum atomic E-state index is 5.94. The van der Waals surface area contributed by atoms with Crippen molar-refractivity contribution in [2.45, 2.75) is 19.8 Å². The van der Waals surface area contributed by atoms with Crippen molar-refractivity contribution in [1.82, 2.24) is 9.97 Å². The number of anilines is 3. The molecule has 4 nitrogen and oxygen atoms in total.